The second-order valence-corrected chi connectivity index (χ2v) is 8.92. The summed E-state index contributed by atoms with van der Waals surface area (Å²) in [4.78, 5) is 15.7. The minimum Gasteiger partial charge on any atom is -0.465 e. The van der Waals surface area contributed by atoms with Gasteiger partial charge in [-0.3, -0.25) is 0 Å². The van der Waals surface area contributed by atoms with E-state index in [9.17, 15) is 13.2 Å². The Kier molecular flexibility index (Phi) is 9.07. The maximum Gasteiger partial charge on any atom is 0.337 e. The Bertz CT molecular complexity index is 1040. The largest absolute Gasteiger partial charge is 0.465 e. The van der Waals surface area contributed by atoms with E-state index in [-0.39, 0.29) is 16.2 Å². The Balaban J connectivity index is 2.82. The highest BCUT2D eigenvalue weighted by Crippen LogP contribution is 2.40. The predicted molar refractivity (Wildman–Crippen MR) is 126 cm³/mol. The van der Waals surface area contributed by atoms with Crippen molar-refractivity contribution in [3.8, 4) is 11.5 Å². The number of anilines is 1. The van der Waals surface area contributed by atoms with Gasteiger partial charge in [-0.2, -0.15) is 8.42 Å². The molecule has 2 aromatic rings. The van der Waals surface area contributed by atoms with Crippen LogP contribution in [-0.2, 0) is 14.8 Å². The van der Waals surface area contributed by atoms with Gasteiger partial charge in [-0.25, -0.2) is 4.79 Å². The third-order valence-electron chi connectivity index (χ3n) is 4.62. The molecule has 0 fully saturated rings. The third kappa shape index (κ3) is 6.46. The fourth-order valence-electron chi connectivity index (χ4n) is 2.97. The number of hydrogen-bond donors (Lipinski definition) is 0. The number of carbonyl (C=O) groups is 1. The molecule has 32 heavy (non-hydrogen) atoms. The summed E-state index contributed by atoms with van der Waals surface area (Å²) < 4.78 is 41.2. The van der Waals surface area contributed by atoms with Crippen LogP contribution in [0.4, 0.5) is 5.69 Å². The van der Waals surface area contributed by atoms with Gasteiger partial charge in [0.2, 0.25) is 0 Å². The van der Waals surface area contributed by atoms with Crippen molar-refractivity contribution >= 4 is 28.0 Å². The van der Waals surface area contributed by atoms with Crippen molar-refractivity contribution in [2.45, 2.75) is 31.6 Å². The first kappa shape index (κ1) is 25.2. The van der Waals surface area contributed by atoms with E-state index in [0.29, 0.717) is 24.5 Å². The van der Waals surface area contributed by atoms with Crippen molar-refractivity contribution in [2.75, 3.05) is 39.2 Å². The molecule has 2 aromatic carbocycles. The highest BCUT2D eigenvalue weighted by Gasteiger charge is 2.28. The lowest BCUT2D eigenvalue weighted by atomic mass is 10.1. The molecule has 8 nitrogen and oxygen atoms in total. The van der Waals surface area contributed by atoms with Gasteiger partial charge in [-0.05, 0) is 37.6 Å². The summed E-state index contributed by atoms with van der Waals surface area (Å²) in [6.45, 7) is 5.30. The molecule has 0 saturated carbocycles. The fraction of sp³-hybridized carbons (Fsp3) is 0.391. The summed E-state index contributed by atoms with van der Waals surface area (Å²) >= 11 is 0. The lowest BCUT2D eigenvalue weighted by Crippen LogP contribution is -2.25. The van der Waals surface area contributed by atoms with Crippen molar-refractivity contribution in [1.29, 1.82) is 0 Å². The Hall–Kier alpha value is -3.07. The average Bonchev–Trinajstić information content (AvgIpc) is 2.79. The molecule has 0 saturated heterocycles. The van der Waals surface area contributed by atoms with Crippen LogP contribution >= 0.6 is 0 Å². The second kappa shape index (κ2) is 11.5. The van der Waals surface area contributed by atoms with Gasteiger partial charge in [0.05, 0.1) is 18.4 Å². The van der Waals surface area contributed by atoms with Crippen molar-refractivity contribution in [3.05, 3.63) is 48.0 Å². The smallest absolute Gasteiger partial charge is 0.337 e. The molecule has 9 heteroatoms. The van der Waals surface area contributed by atoms with E-state index in [4.69, 9.17) is 9.47 Å². The maximum absolute atomic E-state index is 13.2. The van der Waals surface area contributed by atoms with E-state index in [0.717, 1.165) is 12.8 Å². The third-order valence-corrected chi connectivity index (χ3v) is 5.85. The Morgan fingerprint density at radius 1 is 1.12 bits per heavy atom. The number of rotatable bonds is 11. The highest BCUT2D eigenvalue weighted by molar-refractivity contribution is 7.90. The molecule has 2 rings (SSSR count). The molecule has 0 aliphatic rings. The highest BCUT2D eigenvalue weighted by atomic mass is 32.2. The number of nitrogens with zero attached hydrogens (tertiary/aromatic N) is 3. The van der Waals surface area contributed by atoms with E-state index in [2.05, 4.69) is 11.3 Å². The Morgan fingerprint density at radius 3 is 2.38 bits per heavy atom. The van der Waals surface area contributed by atoms with Gasteiger partial charge in [0, 0.05) is 27.2 Å². The van der Waals surface area contributed by atoms with Crippen LogP contribution in [0.15, 0.2) is 51.8 Å². The van der Waals surface area contributed by atoms with E-state index < -0.39 is 16.0 Å². The first-order valence-electron chi connectivity index (χ1n) is 10.4. The van der Waals surface area contributed by atoms with Crippen molar-refractivity contribution in [3.63, 3.8) is 0 Å². The standard InChI is InChI=1S/C23H31N3O5S/c1-6-8-14-26(7-2)20-15-18(23(27)30-5)16-21(32(28,29)24-17-25(3)4)22(20)31-19-12-10-9-11-13-19/h9-13,15-17H,6-8,14H2,1-5H3/b24-17-. The fourth-order valence-corrected chi connectivity index (χ4v) is 4.05. The first-order chi connectivity index (χ1) is 15.2. The zero-order chi connectivity index (χ0) is 23.7. The zero-order valence-corrected chi connectivity index (χ0v) is 20.1. The van der Waals surface area contributed by atoms with Crippen molar-refractivity contribution in [2.24, 2.45) is 4.40 Å². The Labute approximate surface area is 190 Å². The lowest BCUT2D eigenvalue weighted by Gasteiger charge is -2.27. The number of hydrogen-bond acceptors (Lipinski definition) is 6. The topological polar surface area (TPSA) is 88.5 Å². The molecule has 0 N–H and O–H groups in total. The van der Waals surface area contributed by atoms with Crippen LogP contribution < -0.4 is 9.64 Å². The van der Waals surface area contributed by atoms with Crippen LogP contribution in [0.5, 0.6) is 11.5 Å². The lowest BCUT2D eigenvalue weighted by molar-refractivity contribution is 0.0600. The number of carbonyl (C=O) groups excluding carboxylic acids is 1. The number of sulfonamides is 1. The number of methoxy groups -OCH3 is 1. The van der Waals surface area contributed by atoms with Crippen molar-refractivity contribution < 1.29 is 22.7 Å². The van der Waals surface area contributed by atoms with Gasteiger partial charge < -0.3 is 19.3 Å². The maximum atomic E-state index is 13.2. The second-order valence-electron chi connectivity index (χ2n) is 7.32. The summed E-state index contributed by atoms with van der Waals surface area (Å²) in [5.74, 6) is -0.0473. The molecule has 0 amide bonds. The monoisotopic (exact) mass is 461 g/mol. The summed E-state index contributed by atoms with van der Waals surface area (Å²) in [7, 11) is 0.401. The van der Waals surface area contributed by atoms with Gasteiger partial charge in [0.25, 0.3) is 10.0 Å². The van der Waals surface area contributed by atoms with Crippen LogP contribution in [-0.4, -0.2) is 59.9 Å². The van der Waals surface area contributed by atoms with Gasteiger partial charge in [-0.15, -0.1) is 4.40 Å². The number of benzene rings is 2. The first-order valence-corrected chi connectivity index (χ1v) is 11.9. The van der Waals surface area contributed by atoms with Crippen LogP contribution in [0.25, 0.3) is 0 Å². The molecule has 0 aliphatic carbocycles. The quantitative estimate of drug-likeness (QED) is 0.282. The molecule has 174 valence electrons. The van der Waals surface area contributed by atoms with Gasteiger partial charge in [0.15, 0.2) is 5.75 Å². The molecule has 0 spiro atoms. The molecule has 0 unspecified atom stereocenters. The number of ether oxygens (including phenoxy) is 2. The summed E-state index contributed by atoms with van der Waals surface area (Å²) in [5, 5.41) is 0. The van der Waals surface area contributed by atoms with Crippen LogP contribution in [0, 0.1) is 0 Å². The number of esters is 1. The van der Waals surface area contributed by atoms with E-state index >= 15 is 0 Å². The summed E-state index contributed by atoms with van der Waals surface area (Å²) in [6, 6.07) is 11.8. The normalized spacial score (nSPS) is 11.4. The molecule has 0 radical (unpaired) electrons. The molecular formula is C23H31N3O5S. The van der Waals surface area contributed by atoms with Crippen LogP contribution in [0.3, 0.4) is 0 Å². The summed E-state index contributed by atoms with van der Waals surface area (Å²) in [5.41, 5.74) is 0.600. The zero-order valence-electron chi connectivity index (χ0n) is 19.2. The van der Waals surface area contributed by atoms with Crippen LogP contribution in [0.2, 0.25) is 0 Å². The molecule has 0 aliphatic heterocycles. The molecule has 0 bridgehead atoms. The summed E-state index contributed by atoms with van der Waals surface area (Å²) in [6.07, 6.45) is 3.04. The molecule has 0 heterocycles. The number of unbranched alkanes of at least 4 members (excludes halogenated alkanes) is 1. The van der Waals surface area contributed by atoms with Gasteiger partial charge in [0.1, 0.15) is 17.0 Å². The molecular weight excluding hydrogens is 430 g/mol. The Morgan fingerprint density at radius 2 is 1.81 bits per heavy atom. The minimum atomic E-state index is -4.19. The molecule has 0 atom stereocenters. The van der Waals surface area contributed by atoms with Crippen LogP contribution in [0.1, 0.15) is 37.0 Å². The molecule has 0 aromatic heterocycles. The van der Waals surface area contributed by atoms with Gasteiger partial charge in [-0.1, -0.05) is 31.5 Å². The van der Waals surface area contributed by atoms with E-state index in [1.54, 1.807) is 44.4 Å². The average molecular weight is 462 g/mol. The predicted octanol–water partition coefficient (Wildman–Crippen LogP) is 4.17. The van der Waals surface area contributed by atoms with E-state index in [1.165, 1.54) is 24.4 Å². The SMILES string of the molecule is CCCCN(CC)c1cc(C(=O)OC)cc(S(=O)(=O)/N=C\N(C)C)c1Oc1ccccc1. The van der Waals surface area contributed by atoms with E-state index in [1.807, 2.05) is 17.9 Å². The number of para-hydroxylation sites is 1. The van der Waals surface area contributed by atoms with Crippen molar-refractivity contribution in [1.82, 2.24) is 4.90 Å². The van der Waals surface area contributed by atoms with Gasteiger partial charge >= 0.3 is 5.97 Å². The minimum absolute atomic E-state index is 0.108.